The van der Waals surface area contributed by atoms with E-state index < -0.39 is 0 Å². The fourth-order valence-corrected chi connectivity index (χ4v) is 2.69. The minimum Gasteiger partial charge on any atom is -0.392 e. The van der Waals surface area contributed by atoms with Gasteiger partial charge in [0.1, 0.15) is 0 Å². The minimum absolute atomic E-state index is 0.0749. The van der Waals surface area contributed by atoms with Gasteiger partial charge in [-0.1, -0.05) is 0 Å². The second-order valence-corrected chi connectivity index (χ2v) is 5.39. The van der Waals surface area contributed by atoms with E-state index in [-0.39, 0.29) is 6.61 Å². The smallest absolute Gasteiger partial charge is 0.0717 e. The monoisotopic (exact) mass is 247 g/mol. The van der Waals surface area contributed by atoms with Crippen molar-refractivity contribution >= 4 is 5.69 Å². The molecule has 1 aromatic rings. The molecule has 4 nitrogen and oxygen atoms in total. The second kappa shape index (κ2) is 5.24. The van der Waals surface area contributed by atoms with E-state index in [0.29, 0.717) is 0 Å². The van der Waals surface area contributed by atoms with E-state index in [4.69, 9.17) is 0 Å². The molecule has 0 unspecified atom stereocenters. The van der Waals surface area contributed by atoms with E-state index in [9.17, 15) is 5.11 Å². The molecule has 0 radical (unpaired) electrons. The zero-order chi connectivity index (χ0) is 12.4. The van der Waals surface area contributed by atoms with Crippen molar-refractivity contribution in [2.75, 3.05) is 37.6 Å². The van der Waals surface area contributed by atoms with E-state index >= 15 is 0 Å². The first kappa shape index (κ1) is 11.9. The summed E-state index contributed by atoms with van der Waals surface area (Å²) in [6, 6.07) is 2.02. The van der Waals surface area contributed by atoms with Gasteiger partial charge in [0.15, 0.2) is 0 Å². The molecular weight excluding hydrogens is 226 g/mol. The Morgan fingerprint density at radius 3 is 2.67 bits per heavy atom. The molecular formula is C14H21N3O. The van der Waals surface area contributed by atoms with Crippen molar-refractivity contribution in [3.8, 4) is 0 Å². The van der Waals surface area contributed by atoms with Crippen LogP contribution in [-0.2, 0) is 6.61 Å². The van der Waals surface area contributed by atoms with Crippen molar-refractivity contribution in [2.45, 2.75) is 19.4 Å². The van der Waals surface area contributed by atoms with E-state index in [1.54, 1.807) is 6.20 Å². The summed E-state index contributed by atoms with van der Waals surface area (Å²) in [4.78, 5) is 9.03. The Kier molecular flexibility index (Phi) is 3.48. The van der Waals surface area contributed by atoms with Crippen LogP contribution in [0.15, 0.2) is 18.5 Å². The lowest BCUT2D eigenvalue weighted by Gasteiger charge is -2.36. The van der Waals surface area contributed by atoms with Crippen LogP contribution in [0.1, 0.15) is 18.4 Å². The Morgan fingerprint density at radius 2 is 2.00 bits per heavy atom. The number of hydrogen-bond acceptors (Lipinski definition) is 4. The van der Waals surface area contributed by atoms with Crippen LogP contribution in [0.5, 0.6) is 0 Å². The summed E-state index contributed by atoms with van der Waals surface area (Å²) in [6.07, 6.45) is 6.44. The molecule has 1 N–H and O–H groups in total. The van der Waals surface area contributed by atoms with Crippen LogP contribution in [0.4, 0.5) is 5.69 Å². The standard InChI is InChI=1S/C14H21N3O/c18-11-13-9-15-4-3-14(13)17-7-5-16(6-8-17)10-12-1-2-12/h3-4,9,12,18H,1-2,5-8,10-11H2. The van der Waals surface area contributed by atoms with Gasteiger partial charge in [0.2, 0.25) is 0 Å². The molecule has 1 saturated carbocycles. The Bertz CT molecular complexity index is 398. The van der Waals surface area contributed by atoms with Gasteiger partial charge in [0.05, 0.1) is 6.61 Å². The van der Waals surface area contributed by atoms with E-state index in [0.717, 1.165) is 43.3 Å². The number of hydrogen-bond donors (Lipinski definition) is 1. The van der Waals surface area contributed by atoms with Gasteiger partial charge in [-0.05, 0) is 24.8 Å². The molecule has 3 rings (SSSR count). The average molecular weight is 247 g/mol. The van der Waals surface area contributed by atoms with Crippen molar-refractivity contribution in [1.29, 1.82) is 0 Å². The number of aliphatic hydroxyl groups excluding tert-OH is 1. The Labute approximate surface area is 108 Å². The summed E-state index contributed by atoms with van der Waals surface area (Å²) in [5.74, 6) is 0.977. The molecule has 1 aliphatic heterocycles. The van der Waals surface area contributed by atoms with Crippen molar-refractivity contribution in [1.82, 2.24) is 9.88 Å². The summed E-state index contributed by atoms with van der Waals surface area (Å²) in [5.41, 5.74) is 2.09. The molecule has 0 spiro atoms. The van der Waals surface area contributed by atoms with Gasteiger partial charge in [0.25, 0.3) is 0 Å². The highest BCUT2D eigenvalue weighted by molar-refractivity contribution is 5.52. The lowest BCUT2D eigenvalue weighted by Crippen LogP contribution is -2.47. The normalized spacial score (nSPS) is 21.3. The summed E-state index contributed by atoms with van der Waals surface area (Å²) in [6.45, 7) is 5.77. The molecule has 1 aromatic heterocycles. The van der Waals surface area contributed by atoms with E-state index in [1.165, 1.54) is 19.4 Å². The minimum atomic E-state index is 0.0749. The molecule has 0 atom stereocenters. The first-order valence-corrected chi connectivity index (χ1v) is 6.88. The van der Waals surface area contributed by atoms with Crippen molar-refractivity contribution in [3.05, 3.63) is 24.0 Å². The Morgan fingerprint density at radius 1 is 1.22 bits per heavy atom. The van der Waals surface area contributed by atoms with Gasteiger partial charge in [-0.15, -0.1) is 0 Å². The number of aromatic nitrogens is 1. The van der Waals surface area contributed by atoms with Crippen LogP contribution in [0, 0.1) is 5.92 Å². The SMILES string of the molecule is OCc1cnccc1N1CCN(CC2CC2)CC1. The third-order valence-electron chi connectivity index (χ3n) is 3.97. The zero-order valence-electron chi connectivity index (χ0n) is 10.8. The quantitative estimate of drug-likeness (QED) is 0.865. The van der Waals surface area contributed by atoms with Gasteiger partial charge < -0.3 is 10.0 Å². The van der Waals surface area contributed by atoms with Gasteiger partial charge in [-0.3, -0.25) is 9.88 Å². The molecule has 98 valence electrons. The van der Waals surface area contributed by atoms with Crippen LogP contribution in [-0.4, -0.2) is 47.7 Å². The average Bonchev–Trinajstić information content (AvgIpc) is 3.24. The number of anilines is 1. The predicted molar refractivity (Wildman–Crippen MR) is 71.5 cm³/mol. The highest BCUT2D eigenvalue weighted by atomic mass is 16.3. The summed E-state index contributed by atoms with van der Waals surface area (Å²) >= 11 is 0. The van der Waals surface area contributed by atoms with E-state index in [2.05, 4.69) is 14.8 Å². The van der Waals surface area contributed by atoms with Crippen molar-refractivity contribution in [2.24, 2.45) is 5.92 Å². The predicted octanol–water partition coefficient (Wildman–Crippen LogP) is 1.11. The third-order valence-corrected chi connectivity index (χ3v) is 3.97. The molecule has 1 aliphatic carbocycles. The first-order valence-electron chi connectivity index (χ1n) is 6.88. The van der Waals surface area contributed by atoms with Gasteiger partial charge in [-0.25, -0.2) is 0 Å². The topological polar surface area (TPSA) is 39.6 Å². The molecule has 4 heteroatoms. The summed E-state index contributed by atoms with van der Waals surface area (Å²) in [5, 5.41) is 9.35. The Hall–Kier alpha value is -1.13. The van der Waals surface area contributed by atoms with Crippen LogP contribution in [0.2, 0.25) is 0 Å². The first-order chi connectivity index (χ1) is 8.86. The molecule has 2 heterocycles. The number of aliphatic hydroxyl groups is 1. The molecule has 0 bridgehead atoms. The van der Waals surface area contributed by atoms with Crippen molar-refractivity contribution in [3.63, 3.8) is 0 Å². The number of rotatable bonds is 4. The zero-order valence-corrected chi connectivity index (χ0v) is 10.8. The maximum atomic E-state index is 9.35. The maximum Gasteiger partial charge on any atom is 0.0717 e. The van der Waals surface area contributed by atoms with Crippen molar-refractivity contribution < 1.29 is 5.11 Å². The molecule has 1 saturated heterocycles. The second-order valence-electron chi connectivity index (χ2n) is 5.39. The summed E-state index contributed by atoms with van der Waals surface area (Å²) < 4.78 is 0. The highest BCUT2D eigenvalue weighted by Gasteiger charge is 2.26. The van der Waals surface area contributed by atoms with Crippen LogP contribution < -0.4 is 4.90 Å². The fraction of sp³-hybridized carbons (Fsp3) is 0.643. The maximum absolute atomic E-state index is 9.35. The number of pyridine rings is 1. The Balaban J connectivity index is 1.60. The van der Waals surface area contributed by atoms with Crippen LogP contribution >= 0.6 is 0 Å². The van der Waals surface area contributed by atoms with Crippen LogP contribution in [0.25, 0.3) is 0 Å². The van der Waals surface area contributed by atoms with Gasteiger partial charge in [0, 0.05) is 56.4 Å². The lowest BCUT2D eigenvalue weighted by molar-refractivity contribution is 0.246. The summed E-state index contributed by atoms with van der Waals surface area (Å²) in [7, 11) is 0. The van der Waals surface area contributed by atoms with Gasteiger partial charge in [-0.2, -0.15) is 0 Å². The fourth-order valence-electron chi connectivity index (χ4n) is 2.69. The molecule has 0 aromatic carbocycles. The van der Waals surface area contributed by atoms with E-state index in [1.807, 2.05) is 12.3 Å². The largest absolute Gasteiger partial charge is 0.392 e. The number of nitrogens with zero attached hydrogens (tertiary/aromatic N) is 3. The van der Waals surface area contributed by atoms with Gasteiger partial charge >= 0.3 is 0 Å². The highest BCUT2D eigenvalue weighted by Crippen LogP contribution is 2.30. The third kappa shape index (κ3) is 2.65. The molecule has 2 aliphatic rings. The molecule has 2 fully saturated rings. The molecule has 0 amide bonds. The van der Waals surface area contributed by atoms with Crippen LogP contribution in [0.3, 0.4) is 0 Å². The number of piperazine rings is 1. The molecule has 18 heavy (non-hydrogen) atoms. The lowest BCUT2D eigenvalue weighted by atomic mass is 10.2.